The van der Waals surface area contributed by atoms with Crippen LogP contribution in [0.15, 0.2) is 0 Å². The minimum atomic E-state index is 0.173. The van der Waals surface area contributed by atoms with Crippen LogP contribution in [0.4, 0.5) is 0 Å². The van der Waals surface area contributed by atoms with Crippen molar-refractivity contribution in [2.24, 2.45) is 17.8 Å². The third-order valence-electron chi connectivity index (χ3n) is 4.10. The second kappa shape index (κ2) is 4.54. The third kappa shape index (κ3) is 2.35. The Morgan fingerprint density at radius 2 is 1.80 bits per heavy atom. The van der Waals surface area contributed by atoms with Crippen molar-refractivity contribution in [2.45, 2.75) is 46.0 Å². The molecule has 0 radical (unpaired) electrons. The predicted octanol–water partition coefficient (Wildman–Crippen LogP) is 2.68. The van der Waals surface area contributed by atoms with Crippen LogP contribution in [-0.4, -0.2) is 23.9 Å². The third-order valence-corrected chi connectivity index (χ3v) is 4.10. The first kappa shape index (κ1) is 11.0. The van der Waals surface area contributed by atoms with Gasteiger partial charge in [0.05, 0.1) is 0 Å². The van der Waals surface area contributed by atoms with Gasteiger partial charge in [0, 0.05) is 19.0 Å². The molecule has 15 heavy (non-hydrogen) atoms. The Labute approximate surface area is 93.0 Å². The highest BCUT2D eigenvalue weighted by atomic mass is 16.2. The fourth-order valence-electron chi connectivity index (χ4n) is 3.17. The zero-order valence-corrected chi connectivity index (χ0v) is 10.0. The lowest BCUT2D eigenvalue weighted by Crippen LogP contribution is -2.32. The van der Waals surface area contributed by atoms with Gasteiger partial charge in [0.2, 0.25) is 5.91 Å². The first-order chi connectivity index (χ1) is 7.18. The van der Waals surface area contributed by atoms with Gasteiger partial charge < -0.3 is 4.90 Å². The molecule has 0 aromatic carbocycles. The van der Waals surface area contributed by atoms with Gasteiger partial charge in [-0.1, -0.05) is 39.5 Å². The van der Waals surface area contributed by atoms with Gasteiger partial charge in [-0.15, -0.1) is 0 Å². The normalized spacial score (nSPS) is 27.9. The van der Waals surface area contributed by atoms with Crippen LogP contribution in [0.1, 0.15) is 46.0 Å². The average Bonchev–Trinajstić information content (AvgIpc) is 2.86. The molecule has 2 rings (SSSR count). The molecule has 0 N–H and O–H groups in total. The fraction of sp³-hybridized carbons (Fsp3) is 0.923. The summed E-state index contributed by atoms with van der Waals surface area (Å²) < 4.78 is 0. The monoisotopic (exact) mass is 209 g/mol. The molecule has 2 fully saturated rings. The summed E-state index contributed by atoms with van der Waals surface area (Å²) >= 11 is 0. The van der Waals surface area contributed by atoms with Crippen molar-refractivity contribution in [1.29, 1.82) is 0 Å². The molecule has 0 aromatic rings. The van der Waals surface area contributed by atoms with E-state index in [0.717, 1.165) is 24.9 Å². The van der Waals surface area contributed by atoms with Crippen LogP contribution < -0.4 is 0 Å². The van der Waals surface area contributed by atoms with Gasteiger partial charge in [-0.25, -0.2) is 0 Å². The Bertz CT molecular complexity index is 231. The van der Waals surface area contributed by atoms with Crippen molar-refractivity contribution in [1.82, 2.24) is 4.90 Å². The number of rotatable bonds is 2. The quantitative estimate of drug-likeness (QED) is 0.684. The minimum Gasteiger partial charge on any atom is -0.342 e. The van der Waals surface area contributed by atoms with Crippen LogP contribution in [0.2, 0.25) is 0 Å². The van der Waals surface area contributed by atoms with Crippen molar-refractivity contribution in [2.75, 3.05) is 13.1 Å². The number of nitrogens with zero attached hydrogens (tertiary/aromatic N) is 1. The Morgan fingerprint density at radius 3 is 2.40 bits per heavy atom. The van der Waals surface area contributed by atoms with Crippen molar-refractivity contribution in [3.05, 3.63) is 0 Å². The van der Waals surface area contributed by atoms with Gasteiger partial charge in [-0.2, -0.15) is 0 Å². The van der Waals surface area contributed by atoms with E-state index in [2.05, 4.69) is 4.90 Å². The van der Waals surface area contributed by atoms with Crippen LogP contribution in [0.25, 0.3) is 0 Å². The van der Waals surface area contributed by atoms with Gasteiger partial charge in [0.1, 0.15) is 0 Å². The summed E-state index contributed by atoms with van der Waals surface area (Å²) in [4.78, 5) is 13.9. The summed E-state index contributed by atoms with van der Waals surface area (Å²) in [6.45, 7) is 6.07. The maximum atomic E-state index is 11.8. The van der Waals surface area contributed by atoms with Crippen LogP contribution >= 0.6 is 0 Å². The van der Waals surface area contributed by atoms with E-state index in [-0.39, 0.29) is 5.92 Å². The van der Waals surface area contributed by atoms with E-state index in [0.29, 0.717) is 5.91 Å². The molecule has 0 bridgehead atoms. The number of carbonyl (C=O) groups is 1. The molecule has 1 amide bonds. The molecule has 1 aliphatic heterocycles. The smallest absolute Gasteiger partial charge is 0.225 e. The topological polar surface area (TPSA) is 20.3 Å². The number of hydrogen-bond donors (Lipinski definition) is 0. The van der Waals surface area contributed by atoms with E-state index in [1.807, 2.05) is 13.8 Å². The standard InChI is InChI=1S/C13H23NO/c1-10(2)13(15)14-8-7-12(9-14)11-5-3-4-6-11/h10-12H,3-9H2,1-2H3. The van der Waals surface area contributed by atoms with Crippen molar-refractivity contribution in [3.8, 4) is 0 Å². The summed E-state index contributed by atoms with van der Waals surface area (Å²) in [5, 5.41) is 0. The summed E-state index contributed by atoms with van der Waals surface area (Å²) in [6, 6.07) is 0. The lowest BCUT2D eigenvalue weighted by molar-refractivity contribution is -0.133. The van der Waals surface area contributed by atoms with Gasteiger partial charge in [-0.05, 0) is 18.3 Å². The largest absolute Gasteiger partial charge is 0.342 e. The minimum absolute atomic E-state index is 0.173. The number of amides is 1. The Balaban J connectivity index is 1.86. The molecular weight excluding hydrogens is 186 g/mol. The Hall–Kier alpha value is -0.530. The number of hydrogen-bond acceptors (Lipinski definition) is 1. The molecule has 0 aromatic heterocycles. The molecule has 1 saturated carbocycles. The second-order valence-corrected chi connectivity index (χ2v) is 5.53. The molecule has 1 heterocycles. The lowest BCUT2D eigenvalue weighted by Gasteiger charge is -2.21. The van der Waals surface area contributed by atoms with E-state index in [1.54, 1.807) is 0 Å². The fourth-order valence-corrected chi connectivity index (χ4v) is 3.17. The summed E-state index contributed by atoms with van der Waals surface area (Å²) in [5.41, 5.74) is 0. The average molecular weight is 209 g/mol. The molecule has 2 aliphatic rings. The zero-order valence-electron chi connectivity index (χ0n) is 10.0. The molecular formula is C13H23NO. The SMILES string of the molecule is CC(C)C(=O)N1CCC(C2CCCC2)C1. The van der Waals surface area contributed by atoms with Crippen LogP contribution in [0.5, 0.6) is 0 Å². The van der Waals surface area contributed by atoms with E-state index < -0.39 is 0 Å². The highest BCUT2D eigenvalue weighted by Crippen LogP contribution is 2.36. The summed E-state index contributed by atoms with van der Waals surface area (Å²) in [7, 11) is 0. The Morgan fingerprint density at radius 1 is 1.13 bits per heavy atom. The zero-order chi connectivity index (χ0) is 10.8. The maximum Gasteiger partial charge on any atom is 0.225 e. The van der Waals surface area contributed by atoms with Crippen molar-refractivity contribution in [3.63, 3.8) is 0 Å². The maximum absolute atomic E-state index is 11.8. The van der Waals surface area contributed by atoms with E-state index >= 15 is 0 Å². The molecule has 2 nitrogen and oxygen atoms in total. The molecule has 1 saturated heterocycles. The molecule has 0 spiro atoms. The number of likely N-dealkylation sites (tertiary alicyclic amines) is 1. The molecule has 1 unspecified atom stereocenters. The molecule has 86 valence electrons. The summed E-state index contributed by atoms with van der Waals surface area (Å²) in [6.07, 6.45) is 6.91. The molecule has 1 atom stereocenters. The van der Waals surface area contributed by atoms with Crippen LogP contribution in [-0.2, 0) is 4.79 Å². The van der Waals surface area contributed by atoms with Crippen molar-refractivity contribution < 1.29 is 4.79 Å². The molecule has 1 aliphatic carbocycles. The molecule has 2 heteroatoms. The summed E-state index contributed by atoms with van der Waals surface area (Å²) in [5.74, 6) is 2.27. The Kier molecular flexibility index (Phi) is 3.32. The second-order valence-electron chi connectivity index (χ2n) is 5.53. The van der Waals surface area contributed by atoms with Gasteiger partial charge in [0.25, 0.3) is 0 Å². The highest BCUT2D eigenvalue weighted by Gasteiger charge is 2.33. The van der Waals surface area contributed by atoms with Crippen molar-refractivity contribution >= 4 is 5.91 Å². The first-order valence-corrected chi connectivity index (χ1v) is 6.47. The lowest BCUT2D eigenvalue weighted by atomic mass is 9.90. The van der Waals surface area contributed by atoms with E-state index in [4.69, 9.17) is 0 Å². The first-order valence-electron chi connectivity index (χ1n) is 6.47. The number of carbonyl (C=O) groups excluding carboxylic acids is 1. The van der Waals surface area contributed by atoms with Gasteiger partial charge in [0.15, 0.2) is 0 Å². The van der Waals surface area contributed by atoms with Crippen LogP contribution in [0.3, 0.4) is 0 Å². The van der Waals surface area contributed by atoms with Gasteiger partial charge in [-0.3, -0.25) is 4.79 Å². The van der Waals surface area contributed by atoms with E-state index in [1.165, 1.54) is 32.1 Å². The highest BCUT2D eigenvalue weighted by molar-refractivity contribution is 5.78. The predicted molar refractivity (Wildman–Crippen MR) is 61.5 cm³/mol. The van der Waals surface area contributed by atoms with Crippen LogP contribution in [0, 0.1) is 17.8 Å². The van der Waals surface area contributed by atoms with Gasteiger partial charge >= 0.3 is 0 Å². The van der Waals surface area contributed by atoms with E-state index in [9.17, 15) is 4.79 Å².